The van der Waals surface area contributed by atoms with E-state index < -0.39 is 29.1 Å². The number of aromatic nitrogens is 1. The maximum absolute atomic E-state index is 12.4. The van der Waals surface area contributed by atoms with E-state index in [9.17, 15) is 18.4 Å². The topological polar surface area (TPSA) is 68.4 Å². The molecule has 0 spiro atoms. The number of ether oxygens (including phenoxy) is 2. The fourth-order valence-electron chi connectivity index (χ4n) is 1.22. The summed E-state index contributed by atoms with van der Waals surface area (Å²) < 4.78 is 34.1. The highest BCUT2D eigenvalue weighted by Crippen LogP contribution is 2.20. The number of methoxy groups -OCH3 is 1. The van der Waals surface area contributed by atoms with Crippen LogP contribution in [0.3, 0.4) is 0 Å². The summed E-state index contributed by atoms with van der Waals surface area (Å²) in [4.78, 5) is 25.1. The standard InChI is InChI=1S/C10H11F2NO4/c1-3-17-10(15)7-6(14)4-5(8(11)12)13-9(7)16-2/h4,8H,3H2,1-2H3,(H,13,14). The van der Waals surface area contributed by atoms with Crippen LogP contribution in [0.25, 0.3) is 0 Å². The molecule has 0 unspecified atom stereocenters. The molecule has 0 atom stereocenters. The third kappa shape index (κ3) is 2.80. The molecule has 1 aromatic heterocycles. The smallest absolute Gasteiger partial charge is 0.347 e. The molecule has 0 saturated carbocycles. The summed E-state index contributed by atoms with van der Waals surface area (Å²) in [5.74, 6) is -1.24. The first-order valence-electron chi connectivity index (χ1n) is 4.77. The van der Waals surface area contributed by atoms with E-state index in [1.807, 2.05) is 0 Å². The Kier molecular flexibility index (Phi) is 4.19. The molecule has 1 aromatic rings. The number of pyridine rings is 1. The average molecular weight is 247 g/mol. The largest absolute Gasteiger partial charge is 0.482 e. The number of carbonyl (C=O) groups excluding carboxylic acids is 1. The van der Waals surface area contributed by atoms with Crippen molar-refractivity contribution >= 4 is 5.97 Å². The van der Waals surface area contributed by atoms with Crippen LogP contribution in [-0.4, -0.2) is 24.7 Å². The van der Waals surface area contributed by atoms with Crippen molar-refractivity contribution in [2.45, 2.75) is 13.3 Å². The van der Waals surface area contributed by atoms with Crippen molar-refractivity contribution < 1.29 is 23.0 Å². The van der Waals surface area contributed by atoms with Gasteiger partial charge < -0.3 is 14.5 Å². The molecule has 17 heavy (non-hydrogen) atoms. The lowest BCUT2D eigenvalue weighted by molar-refractivity contribution is 0.0519. The highest BCUT2D eigenvalue weighted by atomic mass is 19.3. The predicted molar refractivity (Wildman–Crippen MR) is 54.5 cm³/mol. The van der Waals surface area contributed by atoms with Crippen LogP contribution in [0, 0.1) is 0 Å². The lowest BCUT2D eigenvalue weighted by Gasteiger charge is -2.09. The molecular weight excluding hydrogens is 236 g/mol. The van der Waals surface area contributed by atoms with Gasteiger partial charge in [0.2, 0.25) is 11.3 Å². The minimum absolute atomic E-state index is 0.0675. The molecular formula is C10H11F2NO4. The summed E-state index contributed by atoms with van der Waals surface area (Å²) in [5, 5.41) is 0. The maximum atomic E-state index is 12.4. The molecule has 0 aliphatic carbocycles. The van der Waals surface area contributed by atoms with Gasteiger partial charge in [-0.15, -0.1) is 0 Å². The summed E-state index contributed by atoms with van der Waals surface area (Å²) >= 11 is 0. The monoisotopic (exact) mass is 247 g/mol. The Bertz CT molecular complexity index is 470. The van der Waals surface area contributed by atoms with E-state index in [0.717, 1.165) is 7.11 Å². The van der Waals surface area contributed by atoms with Gasteiger partial charge in [0, 0.05) is 6.07 Å². The van der Waals surface area contributed by atoms with Crippen LogP contribution in [0.4, 0.5) is 8.78 Å². The van der Waals surface area contributed by atoms with Gasteiger partial charge in [0.25, 0.3) is 6.43 Å². The van der Waals surface area contributed by atoms with Gasteiger partial charge in [-0.1, -0.05) is 0 Å². The van der Waals surface area contributed by atoms with Gasteiger partial charge in [0.15, 0.2) is 5.56 Å². The van der Waals surface area contributed by atoms with Crippen molar-refractivity contribution in [3.05, 3.63) is 27.5 Å². The van der Waals surface area contributed by atoms with E-state index in [2.05, 4.69) is 9.72 Å². The van der Waals surface area contributed by atoms with Crippen molar-refractivity contribution in [2.24, 2.45) is 0 Å². The average Bonchev–Trinajstić information content (AvgIpc) is 2.27. The minimum Gasteiger partial charge on any atom is -0.482 e. The first-order chi connectivity index (χ1) is 8.01. The molecule has 0 aromatic carbocycles. The Morgan fingerprint density at radius 3 is 2.65 bits per heavy atom. The first-order valence-corrected chi connectivity index (χ1v) is 4.77. The number of rotatable bonds is 4. The molecule has 1 N–H and O–H groups in total. The molecule has 94 valence electrons. The van der Waals surface area contributed by atoms with Crippen LogP contribution in [0.15, 0.2) is 10.9 Å². The van der Waals surface area contributed by atoms with Crippen LogP contribution in [-0.2, 0) is 4.74 Å². The van der Waals surface area contributed by atoms with Crippen molar-refractivity contribution in [3.63, 3.8) is 0 Å². The molecule has 0 radical (unpaired) electrons. The number of halogens is 2. The van der Waals surface area contributed by atoms with Crippen molar-refractivity contribution in [1.82, 2.24) is 4.98 Å². The molecule has 1 rings (SSSR count). The Hall–Kier alpha value is -1.92. The molecule has 0 amide bonds. The third-order valence-electron chi connectivity index (χ3n) is 1.94. The molecule has 0 fully saturated rings. The van der Waals surface area contributed by atoms with Crippen LogP contribution < -0.4 is 10.2 Å². The second-order valence-corrected chi connectivity index (χ2v) is 3.02. The molecule has 1 heterocycles. The Morgan fingerprint density at radius 1 is 1.53 bits per heavy atom. The van der Waals surface area contributed by atoms with Crippen molar-refractivity contribution in [3.8, 4) is 5.88 Å². The Morgan fingerprint density at radius 2 is 2.18 bits per heavy atom. The van der Waals surface area contributed by atoms with Crippen LogP contribution >= 0.6 is 0 Å². The highest BCUT2D eigenvalue weighted by molar-refractivity contribution is 5.91. The Balaban J connectivity index is 3.31. The van der Waals surface area contributed by atoms with Crippen molar-refractivity contribution in [2.75, 3.05) is 13.7 Å². The van der Waals surface area contributed by atoms with E-state index in [-0.39, 0.29) is 12.5 Å². The van der Waals surface area contributed by atoms with E-state index in [1.54, 1.807) is 6.92 Å². The Labute approximate surface area is 95.4 Å². The summed E-state index contributed by atoms with van der Waals surface area (Å²) in [6.07, 6.45) is -2.85. The van der Waals surface area contributed by atoms with Gasteiger partial charge in [-0.2, -0.15) is 0 Å². The molecule has 0 bridgehead atoms. The van der Waals surface area contributed by atoms with Gasteiger partial charge >= 0.3 is 5.97 Å². The van der Waals surface area contributed by atoms with Gasteiger partial charge in [-0.3, -0.25) is 4.79 Å². The molecule has 0 aliphatic heterocycles. The summed E-state index contributed by atoms with van der Waals surface area (Å²) in [6.45, 7) is 1.63. The zero-order chi connectivity index (χ0) is 13.0. The number of hydrogen-bond donors (Lipinski definition) is 1. The number of H-pyrrole nitrogens is 1. The van der Waals surface area contributed by atoms with E-state index in [4.69, 9.17) is 4.74 Å². The fraction of sp³-hybridized carbons (Fsp3) is 0.400. The van der Waals surface area contributed by atoms with Gasteiger partial charge in [-0.25, -0.2) is 13.6 Å². The fourth-order valence-corrected chi connectivity index (χ4v) is 1.22. The highest BCUT2D eigenvalue weighted by Gasteiger charge is 2.21. The van der Waals surface area contributed by atoms with E-state index >= 15 is 0 Å². The molecule has 0 saturated heterocycles. The maximum Gasteiger partial charge on any atom is 0.347 e. The first kappa shape index (κ1) is 13.1. The van der Waals surface area contributed by atoms with Crippen LogP contribution in [0.5, 0.6) is 5.88 Å². The van der Waals surface area contributed by atoms with Crippen LogP contribution in [0.2, 0.25) is 0 Å². The number of hydrogen-bond acceptors (Lipinski definition) is 4. The van der Waals surface area contributed by atoms with Crippen LogP contribution in [0.1, 0.15) is 29.4 Å². The third-order valence-corrected chi connectivity index (χ3v) is 1.94. The molecule has 7 heteroatoms. The van der Waals surface area contributed by atoms with Gasteiger partial charge in [0.05, 0.1) is 19.4 Å². The summed E-state index contributed by atoms with van der Waals surface area (Å²) in [7, 11) is 1.16. The second kappa shape index (κ2) is 5.42. The summed E-state index contributed by atoms with van der Waals surface area (Å²) in [5.41, 5.74) is -1.90. The predicted octanol–water partition coefficient (Wildman–Crippen LogP) is 1.50. The second-order valence-electron chi connectivity index (χ2n) is 3.02. The zero-order valence-corrected chi connectivity index (χ0v) is 9.25. The normalized spacial score (nSPS) is 10.4. The number of alkyl halides is 2. The number of nitrogens with one attached hydrogen (secondary N) is 1. The van der Waals surface area contributed by atoms with E-state index in [0.29, 0.717) is 6.07 Å². The SMILES string of the molecule is CCOC(=O)c1c(OC)[nH]c(C(F)F)cc1=O. The quantitative estimate of drug-likeness (QED) is 0.818. The number of carbonyl (C=O) groups is 1. The molecule has 0 aliphatic rings. The minimum atomic E-state index is -2.85. The number of aromatic amines is 1. The van der Waals surface area contributed by atoms with Crippen molar-refractivity contribution in [1.29, 1.82) is 0 Å². The summed E-state index contributed by atoms with van der Waals surface area (Å²) in [6, 6.07) is 0.652. The number of esters is 1. The lowest BCUT2D eigenvalue weighted by Crippen LogP contribution is -2.20. The van der Waals surface area contributed by atoms with Gasteiger partial charge in [0.1, 0.15) is 0 Å². The van der Waals surface area contributed by atoms with Gasteiger partial charge in [-0.05, 0) is 6.92 Å². The lowest BCUT2D eigenvalue weighted by atomic mass is 10.2. The zero-order valence-electron chi connectivity index (χ0n) is 9.25. The molecule has 5 nitrogen and oxygen atoms in total. The van der Waals surface area contributed by atoms with E-state index in [1.165, 1.54) is 0 Å².